The molecule has 4 heterocycles. The van der Waals surface area contributed by atoms with Crippen molar-refractivity contribution in [2.24, 2.45) is 0 Å². The average molecular weight is 337 g/mol. The zero-order chi connectivity index (χ0) is 17.4. The van der Waals surface area contributed by atoms with Crippen molar-refractivity contribution in [3.05, 3.63) is 47.8 Å². The number of hydrogen-bond acceptors (Lipinski definition) is 6. The maximum atomic E-state index is 12.9. The van der Waals surface area contributed by atoms with Gasteiger partial charge in [0, 0.05) is 43.8 Å². The lowest BCUT2D eigenvalue weighted by Gasteiger charge is -2.35. The van der Waals surface area contributed by atoms with Crippen LogP contribution >= 0.6 is 0 Å². The summed E-state index contributed by atoms with van der Waals surface area (Å²) in [5.74, 6) is 0.691. The molecule has 8 heteroatoms. The number of amides is 1. The van der Waals surface area contributed by atoms with Gasteiger partial charge in [-0.2, -0.15) is 0 Å². The third-order valence-corrected chi connectivity index (χ3v) is 4.46. The first kappa shape index (κ1) is 15.5. The summed E-state index contributed by atoms with van der Waals surface area (Å²) < 4.78 is 1.73. The van der Waals surface area contributed by atoms with Gasteiger partial charge in [-0.1, -0.05) is 0 Å². The molecular formula is C17H19N7O. The van der Waals surface area contributed by atoms with Crippen molar-refractivity contribution in [1.82, 2.24) is 29.5 Å². The Morgan fingerprint density at radius 1 is 1.12 bits per heavy atom. The standard InChI is InChI=1S/C17H19N7O/c1-12-10-13(2)24-15(20-21-17(24)19-12)16(25)23-8-6-22(7-9-23)14-4-3-5-18-11-14/h3-5,10-11H,6-9H2,1-2H3. The molecule has 1 amide bonds. The monoisotopic (exact) mass is 337 g/mol. The number of anilines is 1. The highest BCUT2D eigenvalue weighted by Crippen LogP contribution is 2.16. The van der Waals surface area contributed by atoms with E-state index >= 15 is 0 Å². The van der Waals surface area contributed by atoms with Gasteiger partial charge in [0.05, 0.1) is 11.9 Å². The molecule has 25 heavy (non-hydrogen) atoms. The Morgan fingerprint density at radius 3 is 2.64 bits per heavy atom. The van der Waals surface area contributed by atoms with Crippen molar-refractivity contribution in [3.63, 3.8) is 0 Å². The Balaban J connectivity index is 1.53. The molecule has 0 unspecified atom stereocenters. The van der Waals surface area contributed by atoms with Gasteiger partial charge in [0.2, 0.25) is 5.82 Å². The van der Waals surface area contributed by atoms with Crippen LogP contribution in [0.15, 0.2) is 30.6 Å². The third kappa shape index (κ3) is 2.79. The summed E-state index contributed by atoms with van der Waals surface area (Å²) in [6.45, 7) is 6.65. The van der Waals surface area contributed by atoms with Gasteiger partial charge in [-0.15, -0.1) is 10.2 Å². The molecule has 0 spiro atoms. The molecule has 1 saturated heterocycles. The van der Waals surface area contributed by atoms with E-state index in [9.17, 15) is 4.79 Å². The van der Waals surface area contributed by atoms with Crippen molar-refractivity contribution in [2.75, 3.05) is 31.1 Å². The van der Waals surface area contributed by atoms with E-state index in [1.165, 1.54) is 0 Å². The largest absolute Gasteiger partial charge is 0.367 e. The summed E-state index contributed by atoms with van der Waals surface area (Å²) in [4.78, 5) is 25.4. The molecule has 4 rings (SSSR count). The number of aromatic nitrogens is 5. The number of rotatable bonds is 2. The molecule has 0 N–H and O–H groups in total. The number of carbonyl (C=O) groups is 1. The molecule has 8 nitrogen and oxygen atoms in total. The van der Waals surface area contributed by atoms with Crippen molar-refractivity contribution in [1.29, 1.82) is 0 Å². The molecule has 1 aliphatic heterocycles. The van der Waals surface area contributed by atoms with Gasteiger partial charge in [0.15, 0.2) is 0 Å². The van der Waals surface area contributed by atoms with Crippen LogP contribution in [0.1, 0.15) is 22.0 Å². The van der Waals surface area contributed by atoms with Crippen LogP contribution in [-0.4, -0.2) is 61.6 Å². The number of pyridine rings is 1. The van der Waals surface area contributed by atoms with E-state index in [1.807, 2.05) is 43.1 Å². The highest BCUT2D eigenvalue weighted by atomic mass is 16.2. The summed E-state index contributed by atoms with van der Waals surface area (Å²) in [5, 5.41) is 8.14. The molecule has 1 fully saturated rings. The van der Waals surface area contributed by atoms with Crippen LogP contribution in [-0.2, 0) is 0 Å². The summed E-state index contributed by atoms with van der Waals surface area (Å²) >= 11 is 0. The lowest BCUT2D eigenvalue weighted by molar-refractivity contribution is 0.0732. The van der Waals surface area contributed by atoms with E-state index in [-0.39, 0.29) is 5.91 Å². The van der Waals surface area contributed by atoms with Crippen LogP contribution in [0.3, 0.4) is 0 Å². The van der Waals surface area contributed by atoms with Crippen LogP contribution < -0.4 is 4.90 Å². The summed E-state index contributed by atoms with van der Waals surface area (Å²) in [7, 11) is 0. The van der Waals surface area contributed by atoms with Crippen molar-refractivity contribution < 1.29 is 4.79 Å². The fraction of sp³-hybridized carbons (Fsp3) is 0.353. The van der Waals surface area contributed by atoms with Gasteiger partial charge in [-0.05, 0) is 32.0 Å². The van der Waals surface area contributed by atoms with Crippen LogP contribution in [0, 0.1) is 13.8 Å². The molecule has 0 aromatic carbocycles. The quantitative estimate of drug-likeness (QED) is 0.697. The fourth-order valence-corrected chi connectivity index (χ4v) is 3.22. The number of aryl methyl sites for hydroxylation is 2. The lowest BCUT2D eigenvalue weighted by atomic mass is 10.2. The third-order valence-electron chi connectivity index (χ3n) is 4.46. The maximum Gasteiger partial charge on any atom is 0.292 e. The number of hydrogen-bond donors (Lipinski definition) is 0. The van der Waals surface area contributed by atoms with Crippen LogP contribution in [0.25, 0.3) is 5.78 Å². The van der Waals surface area contributed by atoms with Gasteiger partial charge < -0.3 is 9.80 Å². The zero-order valence-electron chi connectivity index (χ0n) is 14.3. The van der Waals surface area contributed by atoms with E-state index in [0.717, 1.165) is 30.2 Å². The van der Waals surface area contributed by atoms with Gasteiger partial charge >= 0.3 is 0 Å². The van der Waals surface area contributed by atoms with E-state index in [0.29, 0.717) is 24.7 Å². The number of nitrogens with zero attached hydrogens (tertiary/aromatic N) is 7. The SMILES string of the molecule is Cc1cc(C)n2c(C(=O)N3CCN(c4cccnc4)CC3)nnc2n1. The summed E-state index contributed by atoms with van der Waals surface area (Å²) in [6, 6.07) is 5.88. The molecule has 3 aromatic rings. The Kier molecular flexibility index (Phi) is 3.79. The van der Waals surface area contributed by atoms with E-state index in [1.54, 1.807) is 10.6 Å². The maximum absolute atomic E-state index is 12.9. The summed E-state index contributed by atoms with van der Waals surface area (Å²) in [5.41, 5.74) is 2.85. The number of piperazine rings is 1. The first-order valence-electron chi connectivity index (χ1n) is 8.27. The van der Waals surface area contributed by atoms with E-state index < -0.39 is 0 Å². The minimum Gasteiger partial charge on any atom is -0.367 e. The minimum absolute atomic E-state index is 0.105. The predicted octanol–water partition coefficient (Wildman–Crippen LogP) is 1.10. The highest BCUT2D eigenvalue weighted by molar-refractivity contribution is 5.91. The second kappa shape index (κ2) is 6.12. The molecular weight excluding hydrogens is 318 g/mol. The second-order valence-electron chi connectivity index (χ2n) is 6.19. The van der Waals surface area contributed by atoms with E-state index in [4.69, 9.17) is 0 Å². The number of carbonyl (C=O) groups excluding carboxylic acids is 1. The van der Waals surface area contributed by atoms with Crippen LogP contribution in [0.2, 0.25) is 0 Å². The van der Waals surface area contributed by atoms with E-state index in [2.05, 4.69) is 25.1 Å². The summed E-state index contributed by atoms with van der Waals surface area (Å²) in [6.07, 6.45) is 3.61. The van der Waals surface area contributed by atoms with Gasteiger partial charge in [0.25, 0.3) is 11.7 Å². The van der Waals surface area contributed by atoms with Crippen molar-refractivity contribution >= 4 is 17.4 Å². The molecule has 128 valence electrons. The first-order valence-corrected chi connectivity index (χ1v) is 8.27. The van der Waals surface area contributed by atoms with Gasteiger partial charge in [-0.3, -0.25) is 14.2 Å². The van der Waals surface area contributed by atoms with Crippen molar-refractivity contribution in [3.8, 4) is 0 Å². The van der Waals surface area contributed by atoms with Crippen LogP contribution in [0.4, 0.5) is 5.69 Å². The van der Waals surface area contributed by atoms with Crippen molar-refractivity contribution in [2.45, 2.75) is 13.8 Å². The molecule has 0 atom stereocenters. The van der Waals surface area contributed by atoms with Crippen LogP contribution in [0.5, 0.6) is 0 Å². The Hall–Kier alpha value is -3.03. The molecule has 0 radical (unpaired) electrons. The van der Waals surface area contributed by atoms with Gasteiger partial charge in [0.1, 0.15) is 0 Å². The normalized spacial score (nSPS) is 15.0. The zero-order valence-corrected chi connectivity index (χ0v) is 14.3. The molecule has 3 aromatic heterocycles. The topological polar surface area (TPSA) is 79.5 Å². The highest BCUT2D eigenvalue weighted by Gasteiger charge is 2.26. The smallest absolute Gasteiger partial charge is 0.292 e. The second-order valence-corrected chi connectivity index (χ2v) is 6.19. The number of fused-ring (bicyclic) bond motifs is 1. The Bertz CT molecular complexity index is 913. The first-order chi connectivity index (χ1) is 12.1. The lowest BCUT2D eigenvalue weighted by Crippen LogP contribution is -2.49. The fourth-order valence-electron chi connectivity index (χ4n) is 3.22. The predicted molar refractivity (Wildman–Crippen MR) is 92.6 cm³/mol. The molecule has 0 saturated carbocycles. The Labute approximate surface area is 145 Å². The average Bonchev–Trinajstić information content (AvgIpc) is 3.06. The Morgan fingerprint density at radius 2 is 1.92 bits per heavy atom. The molecule has 1 aliphatic rings. The van der Waals surface area contributed by atoms with Gasteiger partial charge in [-0.25, -0.2) is 4.98 Å². The molecule has 0 aliphatic carbocycles. The minimum atomic E-state index is -0.105. The molecule has 0 bridgehead atoms.